The third-order valence-electron chi connectivity index (χ3n) is 4.20. The number of aromatic nitrogens is 1. The molecule has 1 amide bonds. The fraction of sp³-hybridized carbons (Fsp3) is 0.100. The highest BCUT2D eigenvalue weighted by molar-refractivity contribution is 6.07. The van der Waals surface area contributed by atoms with Crippen LogP contribution in [0.4, 0.5) is 14.5 Å². The molecular formula is C20H14F2N2O2. The van der Waals surface area contributed by atoms with E-state index in [1.807, 2.05) is 18.2 Å². The van der Waals surface area contributed by atoms with E-state index in [1.54, 1.807) is 17.0 Å². The number of pyridine rings is 1. The van der Waals surface area contributed by atoms with E-state index in [-0.39, 0.29) is 11.5 Å². The lowest BCUT2D eigenvalue weighted by Crippen LogP contribution is -2.38. The molecule has 0 spiro atoms. The quantitative estimate of drug-likeness (QED) is 0.698. The van der Waals surface area contributed by atoms with Crippen molar-refractivity contribution in [2.45, 2.75) is 0 Å². The van der Waals surface area contributed by atoms with Gasteiger partial charge in [0.1, 0.15) is 24.0 Å². The van der Waals surface area contributed by atoms with Crippen LogP contribution in [0, 0.1) is 11.6 Å². The second-order valence-electron chi connectivity index (χ2n) is 5.86. The molecule has 2 heterocycles. The van der Waals surface area contributed by atoms with Gasteiger partial charge in [-0.1, -0.05) is 12.1 Å². The molecule has 4 rings (SSSR count). The van der Waals surface area contributed by atoms with Gasteiger partial charge < -0.3 is 9.64 Å². The van der Waals surface area contributed by atoms with Crippen molar-refractivity contribution in [3.05, 3.63) is 78.1 Å². The first-order chi connectivity index (χ1) is 12.6. The number of fused-ring (bicyclic) bond motifs is 1. The molecule has 0 saturated carbocycles. The van der Waals surface area contributed by atoms with Crippen molar-refractivity contribution in [2.75, 3.05) is 18.1 Å². The molecule has 2 aromatic carbocycles. The Hall–Kier alpha value is -3.28. The summed E-state index contributed by atoms with van der Waals surface area (Å²) in [5.74, 6) is -0.970. The maximum atomic E-state index is 14.0. The van der Waals surface area contributed by atoms with E-state index in [1.165, 1.54) is 24.5 Å². The van der Waals surface area contributed by atoms with E-state index < -0.39 is 11.6 Å². The second kappa shape index (κ2) is 6.55. The van der Waals surface area contributed by atoms with Gasteiger partial charge in [-0.05, 0) is 30.3 Å². The molecule has 0 aliphatic carbocycles. The van der Waals surface area contributed by atoms with Gasteiger partial charge in [-0.15, -0.1) is 0 Å². The third kappa shape index (κ3) is 2.90. The molecule has 0 unspecified atom stereocenters. The molecule has 0 bridgehead atoms. The first-order valence-electron chi connectivity index (χ1n) is 8.07. The first kappa shape index (κ1) is 16.2. The van der Waals surface area contributed by atoms with E-state index >= 15 is 0 Å². The highest BCUT2D eigenvalue weighted by atomic mass is 19.1. The summed E-state index contributed by atoms with van der Waals surface area (Å²) in [5, 5.41) is 0. The van der Waals surface area contributed by atoms with Gasteiger partial charge in [0.15, 0.2) is 0 Å². The van der Waals surface area contributed by atoms with Crippen molar-refractivity contribution in [1.29, 1.82) is 0 Å². The summed E-state index contributed by atoms with van der Waals surface area (Å²) >= 11 is 0. The van der Waals surface area contributed by atoms with Crippen molar-refractivity contribution in [3.63, 3.8) is 0 Å². The highest BCUT2D eigenvalue weighted by Gasteiger charge is 2.25. The predicted molar refractivity (Wildman–Crippen MR) is 93.2 cm³/mol. The van der Waals surface area contributed by atoms with Gasteiger partial charge in [0.05, 0.1) is 17.8 Å². The molecule has 3 aromatic rings. The van der Waals surface area contributed by atoms with Crippen molar-refractivity contribution >= 4 is 11.6 Å². The number of ether oxygens (including phenoxy) is 1. The Labute approximate surface area is 148 Å². The lowest BCUT2D eigenvalue weighted by Gasteiger charge is -2.29. The Bertz CT molecular complexity index is 991. The molecule has 6 heteroatoms. The van der Waals surface area contributed by atoms with E-state index in [9.17, 15) is 13.6 Å². The minimum atomic E-state index is -0.701. The summed E-state index contributed by atoms with van der Waals surface area (Å²) in [6, 6.07) is 12.2. The average Bonchev–Trinajstić information content (AvgIpc) is 2.67. The number of carbonyl (C=O) groups is 1. The molecule has 0 atom stereocenters. The number of para-hydroxylation sites is 2. The molecule has 130 valence electrons. The second-order valence-corrected chi connectivity index (χ2v) is 5.86. The van der Waals surface area contributed by atoms with Gasteiger partial charge in [-0.2, -0.15) is 0 Å². The van der Waals surface area contributed by atoms with Gasteiger partial charge in [0.2, 0.25) is 0 Å². The maximum Gasteiger partial charge on any atom is 0.260 e. The van der Waals surface area contributed by atoms with Crippen LogP contribution < -0.4 is 9.64 Å². The maximum absolute atomic E-state index is 14.0. The Morgan fingerprint density at radius 1 is 1.08 bits per heavy atom. The number of carbonyl (C=O) groups excluding carboxylic acids is 1. The number of amides is 1. The highest BCUT2D eigenvalue weighted by Crippen LogP contribution is 2.32. The predicted octanol–water partition coefficient (Wildman–Crippen LogP) is 4.07. The number of rotatable bonds is 2. The molecule has 1 aromatic heterocycles. The van der Waals surface area contributed by atoms with Crippen molar-refractivity contribution in [1.82, 2.24) is 4.98 Å². The molecule has 26 heavy (non-hydrogen) atoms. The summed E-state index contributed by atoms with van der Waals surface area (Å²) in [6.45, 7) is 0.799. The molecule has 0 saturated heterocycles. The number of hydrogen-bond donors (Lipinski definition) is 0. The van der Waals surface area contributed by atoms with Crippen LogP contribution in [0.25, 0.3) is 11.1 Å². The summed E-state index contributed by atoms with van der Waals surface area (Å²) in [6.07, 6.45) is 2.88. The molecule has 1 aliphatic heterocycles. The Balaban J connectivity index is 1.70. The number of nitrogens with zero attached hydrogens (tertiary/aromatic N) is 2. The van der Waals surface area contributed by atoms with Crippen LogP contribution in [0.5, 0.6) is 5.75 Å². The largest absolute Gasteiger partial charge is 0.490 e. The SMILES string of the molecule is O=C(c1cncc(-c2ccc(F)cc2F)c1)N1CCOc2ccccc21. The van der Waals surface area contributed by atoms with Crippen molar-refractivity contribution in [2.24, 2.45) is 0 Å². The molecule has 4 nitrogen and oxygen atoms in total. The zero-order valence-electron chi connectivity index (χ0n) is 13.7. The van der Waals surface area contributed by atoms with Gasteiger partial charge >= 0.3 is 0 Å². The monoisotopic (exact) mass is 352 g/mol. The number of hydrogen-bond acceptors (Lipinski definition) is 3. The van der Waals surface area contributed by atoms with Crippen LogP contribution in [0.1, 0.15) is 10.4 Å². The van der Waals surface area contributed by atoms with Gasteiger partial charge in [0.25, 0.3) is 5.91 Å². The lowest BCUT2D eigenvalue weighted by molar-refractivity contribution is 0.0976. The molecule has 0 fully saturated rings. The van der Waals surface area contributed by atoms with Crippen LogP contribution in [-0.4, -0.2) is 24.0 Å². The standard InChI is InChI=1S/C20H14F2N2O2/c21-15-5-6-16(17(22)10-15)13-9-14(12-23-11-13)20(25)24-7-8-26-19-4-2-1-3-18(19)24/h1-6,9-12H,7-8H2. The van der Waals surface area contributed by atoms with E-state index in [2.05, 4.69) is 4.98 Å². The molecular weight excluding hydrogens is 338 g/mol. The average molecular weight is 352 g/mol. The van der Waals surface area contributed by atoms with Crippen LogP contribution in [0.3, 0.4) is 0 Å². The molecule has 1 aliphatic rings. The summed E-state index contributed by atoms with van der Waals surface area (Å²) in [7, 11) is 0. The van der Waals surface area contributed by atoms with E-state index in [4.69, 9.17) is 4.74 Å². The number of anilines is 1. The van der Waals surface area contributed by atoms with E-state index in [0.29, 0.717) is 35.7 Å². The van der Waals surface area contributed by atoms with E-state index in [0.717, 1.165) is 6.07 Å². The van der Waals surface area contributed by atoms with Crippen molar-refractivity contribution < 1.29 is 18.3 Å². The summed E-state index contributed by atoms with van der Waals surface area (Å²) in [5.41, 5.74) is 1.61. The fourth-order valence-electron chi connectivity index (χ4n) is 2.96. The molecule has 0 N–H and O–H groups in total. The summed E-state index contributed by atoms with van der Waals surface area (Å²) in [4.78, 5) is 18.6. The number of halogens is 2. The minimum Gasteiger partial charge on any atom is -0.490 e. The Kier molecular flexibility index (Phi) is 4.08. The molecule has 0 radical (unpaired) electrons. The fourth-order valence-corrected chi connectivity index (χ4v) is 2.96. The zero-order chi connectivity index (χ0) is 18.1. The van der Waals surface area contributed by atoms with Crippen LogP contribution in [0.15, 0.2) is 60.9 Å². The summed E-state index contributed by atoms with van der Waals surface area (Å²) < 4.78 is 32.7. The van der Waals surface area contributed by atoms with Gasteiger partial charge in [-0.3, -0.25) is 9.78 Å². The van der Waals surface area contributed by atoms with Crippen molar-refractivity contribution in [3.8, 4) is 16.9 Å². The first-order valence-corrected chi connectivity index (χ1v) is 8.07. The number of benzene rings is 2. The third-order valence-corrected chi connectivity index (χ3v) is 4.20. The van der Waals surface area contributed by atoms with Gasteiger partial charge in [-0.25, -0.2) is 8.78 Å². The topological polar surface area (TPSA) is 42.4 Å². The van der Waals surface area contributed by atoms with Gasteiger partial charge in [0, 0.05) is 29.6 Å². The normalized spacial score (nSPS) is 13.1. The van der Waals surface area contributed by atoms with Crippen LogP contribution >= 0.6 is 0 Å². The lowest BCUT2D eigenvalue weighted by atomic mass is 10.0. The minimum absolute atomic E-state index is 0.191. The van der Waals surface area contributed by atoms with Crippen LogP contribution in [-0.2, 0) is 0 Å². The smallest absolute Gasteiger partial charge is 0.260 e. The van der Waals surface area contributed by atoms with Crippen LogP contribution in [0.2, 0.25) is 0 Å². The zero-order valence-corrected chi connectivity index (χ0v) is 13.7. The Morgan fingerprint density at radius 3 is 2.77 bits per heavy atom. The Morgan fingerprint density at radius 2 is 1.92 bits per heavy atom.